The van der Waals surface area contributed by atoms with Crippen molar-refractivity contribution in [3.8, 4) is 5.75 Å². The summed E-state index contributed by atoms with van der Waals surface area (Å²) in [5.41, 5.74) is -0.604. The zero-order valence-electron chi connectivity index (χ0n) is 18.6. The lowest BCUT2D eigenvalue weighted by molar-refractivity contribution is -0.385. The lowest BCUT2D eigenvalue weighted by Crippen LogP contribution is -2.13. The van der Waals surface area contributed by atoms with Crippen LogP contribution in [-0.4, -0.2) is 33.1 Å². The lowest BCUT2D eigenvalue weighted by atomic mass is 10.1. The van der Waals surface area contributed by atoms with Crippen molar-refractivity contribution >= 4 is 53.4 Å². The molecular formula is C23H18N4O7S2. The van der Waals surface area contributed by atoms with E-state index < -0.39 is 35.4 Å². The van der Waals surface area contributed by atoms with Gasteiger partial charge in [0.15, 0.2) is 15.6 Å². The van der Waals surface area contributed by atoms with Gasteiger partial charge in [-0.2, -0.15) is 0 Å². The molecule has 4 rings (SSSR count). The molecule has 0 unspecified atom stereocenters. The number of sulfone groups is 1. The highest BCUT2D eigenvalue weighted by Crippen LogP contribution is 2.40. The number of non-ortho nitro benzene ring substituents is 1. The summed E-state index contributed by atoms with van der Waals surface area (Å²) in [6.07, 6.45) is 0.860. The molecule has 2 N–H and O–H groups in total. The molecule has 0 bridgehead atoms. The van der Waals surface area contributed by atoms with E-state index in [-0.39, 0.29) is 32.8 Å². The van der Waals surface area contributed by atoms with Gasteiger partial charge in [-0.3, -0.25) is 14.8 Å². The van der Waals surface area contributed by atoms with Gasteiger partial charge >= 0.3 is 0 Å². The summed E-state index contributed by atoms with van der Waals surface area (Å²) in [6, 6.07) is 18.6. The van der Waals surface area contributed by atoms with Crippen LogP contribution < -0.4 is 4.72 Å². The summed E-state index contributed by atoms with van der Waals surface area (Å²) in [5.74, 6) is -0.379. The summed E-state index contributed by atoms with van der Waals surface area (Å²) in [6.45, 7) is 0. The highest BCUT2D eigenvalue weighted by molar-refractivity contribution is 7.93. The first-order valence-corrected chi connectivity index (χ1v) is 13.6. The van der Waals surface area contributed by atoms with Gasteiger partial charge < -0.3 is 5.11 Å². The number of nitro groups is 1. The van der Waals surface area contributed by atoms with E-state index in [0.29, 0.717) is 5.69 Å². The number of anilines is 1. The Labute approximate surface area is 205 Å². The van der Waals surface area contributed by atoms with E-state index in [0.717, 1.165) is 30.5 Å². The number of benzene rings is 4. The maximum atomic E-state index is 13.2. The number of fused-ring (bicyclic) bond motifs is 1. The van der Waals surface area contributed by atoms with E-state index in [4.69, 9.17) is 0 Å². The highest BCUT2D eigenvalue weighted by Gasteiger charge is 2.23. The predicted octanol–water partition coefficient (Wildman–Crippen LogP) is 5.07. The summed E-state index contributed by atoms with van der Waals surface area (Å²) < 4.78 is 53.3. The van der Waals surface area contributed by atoms with Crippen LogP contribution >= 0.6 is 0 Å². The van der Waals surface area contributed by atoms with E-state index >= 15 is 0 Å². The van der Waals surface area contributed by atoms with Gasteiger partial charge in [-0.1, -0.05) is 42.5 Å². The van der Waals surface area contributed by atoms with Crippen molar-refractivity contribution in [3.05, 3.63) is 89.0 Å². The molecule has 4 aromatic carbocycles. The molecule has 0 saturated heterocycles. The Morgan fingerprint density at radius 3 is 2.06 bits per heavy atom. The molecule has 0 aromatic heterocycles. The molecular weight excluding hydrogens is 508 g/mol. The van der Waals surface area contributed by atoms with Crippen molar-refractivity contribution < 1.29 is 26.9 Å². The first-order valence-electron chi connectivity index (χ1n) is 10.2. The number of rotatable bonds is 7. The van der Waals surface area contributed by atoms with Gasteiger partial charge in [0, 0.05) is 34.8 Å². The Hall–Kier alpha value is -4.36. The third-order valence-corrected chi connectivity index (χ3v) is 7.64. The Morgan fingerprint density at radius 1 is 0.806 bits per heavy atom. The minimum absolute atomic E-state index is 0.175. The van der Waals surface area contributed by atoms with Crippen molar-refractivity contribution in [1.29, 1.82) is 0 Å². The molecule has 184 valence electrons. The first kappa shape index (κ1) is 24.8. The molecule has 0 heterocycles. The zero-order valence-corrected chi connectivity index (χ0v) is 20.2. The fourth-order valence-electron chi connectivity index (χ4n) is 3.43. The van der Waals surface area contributed by atoms with Gasteiger partial charge in [-0.05, 0) is 24.3 Å². The number of azo groups is 1. The monoisotopic (exact) mass is 526 g/mol. The van der Waals surface area contributed by atoms with E-state index in [1.165, 1.54) is 12.1 Å². The summed E-state index contributed by atoms with van der Waals surface area (Å²) in [5, 5.41) is 30.0. The highest BCUT2D eigenvalue weighted by atomic mass is 32.2. The topological polar surface area (TPSA) is 168 Å². The standard InChI is InChI=1S/C23H18N4O7S2/c1-35(31,32)22-13-16(27(29)30)11-12-19(22)24-25-20-14-21(17-9-5-6-10-18(17)23(20)28)36(33,34)26-15-7-3-2-4-8-15/h2-14,26,28H,1H3. The van der Waals surface area contributed by atoms with E-state index in [1.54, 1.807) is 42.5 Å². The maximum absolute atomic E-state index is 13.2. The molecule has 0 fully saturated rings. The molecule has 4 aromatic rings. The number of aromatic hydroxyl groups is 1. The Balaban J connectivity index is 1.87. The van der Waals surface area contributed by atoms with Gasteiger partial charge in [0.05, 0.1) is 9.82 Å². The molecule has 0 radical (unpaired) electrons. The number of nitrogens with one attached hydrogen (secondary N) is 1. The maximum Gasteiger partial charge on any atom is 0.270 e. The smallest absolute Gasteiger partial charge is 0.270 e. The van der Waals surface area contributed by atoms with Crippen LogP contribution in [0.2, 0.25) is 0 Å². The number of nitrogens with zero attached hydrogens (tertiary/aromatic N) is 3. The molecule has 13 heteroatoms. The zero-order chi connectivity index (χ0) is 26.1. The number of hydrogen-bond donors (Lipinski definition) is 2. The van der Waals surface area contributed by atoms with Gasteiger partial charge in [-0.25, -0.2) is 16.8 Å². The largest absolute Gasteiger partial charge is 0.505 e. The molecule has 0 saturated carbocycles. The van der Waals surface area contributed by atoms with Crippen LogP contribution in [0.5, 0.6) is 5.75 Å². The molecule has 11 nitrogen and oxygen atoms in total. The minimum atomic E-state index is -4.14. The van der Waals surface area contributed by atoms with Crippen LogP contribution in [0.15, 0.2) is 98.9 Å². The number of hydrogen-bond acceptors (Lipinski definition) is 9. The average Bonchev–Trinajstić information content (AvgIpc) is 2.83. The van der Waals surface area contributed by atoms with Gasteiger partial charge in [0.25, 0.3) is 15.7 Å². The van der Waals surface area contributed by atoms with Crippen molar-refractivity contribution in [2.24, 2.45) is 10.2 Å². The second kappa shape index (κ2) is 9.36. The molecule has 36 heavy (non-hydrogen) atoms. The second-order valence-corrected chi connectivity index (χ2v) is 11.3. The van der Waals surface area contributed by atoms with Crippen LogP contribution in [0, 0.1) is 10.1 Å². The van der Waals surface area contributed by atoms with Gasteiger partial charge in [-0.15, -0.1) is 10.2 Å². The Bertz CT molecular complexity index is 1740. The van der Waals surface area contributed by atoms with Crippen molar-refractivity contribution in [3.63, 3.8) is 0 Å². The normalized spacial score (nSPS) is 12.1. The first-order chi connectivity index (χ1) is 17.0. The van der Waals surface area contributed by atoms with Crippen LogP contribution in [0.25, 0.3) is 10.8 Å². The number of nitro benzene ring substituents is 1. The predicted molar refractivity (Wildman–Crippen MR) is 133 cm³/mol. The number of phenolic OH excluding ortho intramolecular Hbond substituents is 1. The van der Waals surface area contributed by atoms with Gasteiger partial charge in [0.1, 0.15) is 16.3 Å². The molecule has 0 spiro atoms. The molecule has 0 aliphatic carbocycles. The number of para-hydroxylation sites is 1. The Morgan fingerprint density at radius 2 is 1.42 bits per heavy atom. The quantitative estimate of drug-likeness (QED) is 0.192. The SMILES string of the molecule is CS(=O)(=O)c1cc([N+](=O)[O-])ccc1N=Nc1cc(S(=O)(=O)Nc2ccccc2)c2ccccc2c1O. The van der Waals surface area contributed by atoms with Crippen molar-refractivity contribution in [2.75, 3.05) is 11.0 Å². The lowest BCUT2D eigenvalue weighted by Gasteiger charge is -2.13. The molecule has 0 aliphatic rings. The third kappa shape index (κ3) is 5.01. The van der Waals surface area contributed by atoms with Crippen LogP contribution in [-0.2, 0) is 19.9 Å². The second-order valence-electron chi connectivity index (χ2n) is 7.64. The van der Waals surface area contributed by atoms with E-state index in [9.17, 15) is 32.1 Å². The molecule has 0 amide bonds. The summed E-state index contributed by atoms with van der Waals surface area (Å²) in [4.78, 5) is 9.68. The van der Waals surface area contributed by atoms with Gasteiger partial charge in [0.2, 0.25) is 0 Å². The molecule has 0 atom stereocenters. The summed E-state index contributed by atoms with van der Waals surface area (Å²) >= 11 is 0. The van der Waals surface area contributed by atoms with E-state index in [1.807, 2.05) is 0 Å². The molecule has 0 aliphatic heterocycles. The van der Waals surface area contributed by atoms with Crippen molar-refractivity contribution in [2.45, 2.75) is 9.79 Å². The van der Waals surface area contributed by atoms with E-state index in [2.05, 4.69) is 15.0 Å². The number of phenols is 1. The fraction of sp³-hybridized carbons (Fsp3) is 0.0435. The van der Waals surface area contributed by atoms with Crippen LogP contribution in [0.4, 0.5) is 22.7 Å². The minimum Gasteiger partial charge on any atom is -0.505 e. The Kier molecular flexibility index (Phi) is 6.43. The summed E-state index contributed by atoms with van der Waals surface area (Å²) in [7, 11) is -8.07. The van der Waals surface area contributed by atoms with Crippen LogP contribution in [0.1, 0.15) is 0 Å². The third-order valence-electron chi connectivity index (χ3n) is 5.09. The number of sulfonamides is 1. The van der Waals surface area contributed by atoms with Crippen molar-refractivity contribution in [1.82, 2.24) is 0 Å². The average molecular weight is 527 g/mol. The fourth-order valence-corrected chi connectivity index (χ4v) is 5.55. The van der Waals surface area contributed by atoms with Crippen LogP contribution in [0.3, 0.4) is 0 Å².